The van der Waals surface area contributed by atoms with Crippen molar-refractivity contribution in [1.29, 1.82) is 0 Å². The molecule has 0 spiro atoms. The molecule has 13 nitrogen and oxygen atoms in total. The number of benzene rings is 1. The van der Waals surface area contributed by atoms with Crippen molar-refractivity contribution in [2.45, 2.75) is 34.7 Å². The van der Waals surface area contributed by atoms with E-state index in [2.05, 4.69) is 35.6 Å². The molecule has 2 aliphatic heterocycles. The summed E-state index contributed by atoms with van der Waals surface area (Å²) in [5.41, 5.74) is 0.509. The van der Waals surface area contributed by atoms with Crippen LogP contribution in [0.15, 0.2) is 21.9 Å². The molecular weight excluding hydrogens is 458 g/mol. The van der Waals surface area contributed by atoms with Crippen LogP contribution in [0.1, 0.15) is 12.8 Å². The number of likely N-dealkylation sites (N-methyl/N-ethyl adjacent to an activating group) is 1. The van der Waals surface area contributed by atoms with E-state index in [0.29, 0.717) is 38.3 Å². The first-order valence-corrected chi connectivity index (χ1v) is 13.2. The van der Waals surface area contributed by atoms with E-state index in [-0.39, 0.29) is 23.5 Å². The van der Waals surface area contributed by atoms with E-state index in [1.165, 1.54) is 6.07 Å². The molecule has 1 aromatic heterocycles. The molecule has 15 heteroatoms. The lowest BCUT2D eigenvalue weighted by Gasteiger charge is -2.25. The highest BCUT2D eigenvalue weighted by atomic mass is 32.2. The number of aromatic nitrogens is 4. The zero-order chi connectivity index (χ0) is 23.1. The molecule has 0 unspecified atom stereocenters. The summed E-state index contributed by atoms with van der Waals surface area (Å²) in [5, 5.41) is 22.4. The van der Waals surface area contributed by atoms with Crippen molar-refractivity contribution < 1.29 is 16.8 Å². The smallest absolute Gasteiger partial charge is 0.242 e. The Kier molecular flexibility index (Phi) is 6.21. The van der Waals surface area contributed by atoms with Gasteiger partial charge in [-0.2, -0.15) is 5.21 Å². The van der Waals surface area contributed by atoms with Gasteiger partial charge in [-0.15, -0.1) is 10.2 Å². The summed E-state index contributed by atoms with van der Waals surface area (Å²) in [7, 11) is -4.73. The van der Waals surface area contributed by atoms with E-state index in [4.69, 9.17) is 5.14 Å². The van der Waals surface area contributed by atoms with Crippen molar-refractivity contribution in [2.75, 3.05) is 45.2 Å². The number of sulfonamides is 2. The average molecular weight is 486 g/mol. The molecule has 0 radical (unpaired) electrons. The van der Waals surface area contributed by atoms with Crippen LogP contribution in [0.5, 0.6) is 0 Å². The number of tetrazole rings is 1. The summed E-state index contributed by atoms with van der Waals surface area (Å²) in [4.78, 5) is 3.10. The van der Waals surface area contributed by atoms with E-state index in [9.17, 15) is 16.8 Å². The van der Waals surface area contributed by atoms with Gasteiger partial charge in [0, 0.05) is 37.4 Å². The maximum absolute atomic E-state index is 13.2. The minimum atomic E-state index is -4.48. The standard InChI is InChI=1S/C17H27N9O4S2/c1-25(2)12-6-8-26(10-12)13-3-4-14(32(29,30)22-11-5-7-19-9-11)16(31(18,27)28)15(13)17-20-23-24-21-17/h3-4,11-12,19,22H,5-10H2,1-2H3,(H2,18,27,28)(H,20,21,23,24)/t11-,12+/m1/s1. The third kappa shape index (κ3) is 4.49. The Balaban J connectivity index is 1.89. The van der Waals surface area contributed by atoms with Crippen molar-refractivity contribution in [3.63, 3.8) is 0 Å². The molecule has 0 saturated carbocycles. The molecule has 2 aliphatic rings. The molecular formula is C17H27N9O4S2. The predicted octanol–water partition coefficient (Wildman–Crippen LogP) is -1.71. The number of hydrogen-bond acceptors (Lipinski definition) is 10. The Morgan fingerprint density at radius 3 is 2.56 bits per heavy atom. The minimum Gasteiger partial charge on any atom is -0.369 e. The number of H-pyrrole nitrogens is 1. The quantitative estimate of drug-likeness (QED) is 0.353. The monoisotopic (exact) mass is 485 g/mol. The highest BCUT2D eigenvalue weighted by Gasteiger charge is 2.36. The topological polar surface area (TPSA) is 179 Å². The lowest BCUT2D eigenvalue weighted by atomic mass is 10.1. The second-order valence-corrected chi connectivity index (χ2v) is 11.4. The number of nitrogens with one attached hydrogen (secondary N) is 3. The zero-order valence-electron chi connectivity index (χ0n) is 17.8. The summed E-state index contributed by atoms with van der Waals surface area (Å²) in [6, 6.07) is 2.78. The fraction of sp³-hybridized carbons (Fsp3) is 0.588. The fourth-order valence-corrected chi connectivity index (χ4v) is 7.08. The molecule has 3 heterocycles. The maximum Gasteiger partial charge on any atom is 0.242 e. The number of primary sulfonamides is 1. The van der Waals surface area contributed by atoms with Crippen LogP contribution >= 0.6 is 0 Å². The van der Waals surface area contributed by atoms with Crippen molar-refractivity contribution in [2.24, 2.45) is 5.14 Å². The summed E-state index contributed by atoms with van der Waals surface area (Å²) in [5.74, 6) is -0.0445. The van der Waals surface area contributed by atoms with E-state index in [1.807, 2.05) is 19.0 Å². The molecule has 2 saturated heterocycles. The van der Waals surface area contributed by atoms with Crippen LogP contribution in [0, 0.1) is 0 Å². The van der Waals surface area contributed by atoms with Crippen molar-refractivity contribution in [3.05, 3.63) is 12.1 Å². The lowest BCUT2D eigenvalue weighted by molar-refractivity contribution is 0.315. The van der Waals surface area contributed by atoms with Crippen LogP contribution in [0.2, 0.25) is 0 Å². The van der Waals surface area contributed by atoms with Crippen molar-refractivity contribution in [1.82, 2.24) is 35.6 Å². The van der Waals surface area contributed by atoms with Gasteiger partial charge < -0.3 is 15.1 Å². The molecule has 2 fully saturated rings. The molecule has 0 aliphatic carbocycles. The van der Waals surface area contributed by atoms with Crippen LogP contribution in [-0.2, 0) is 20.0 Å². The number of rotatable bonds is 7. The minimum absolute atomic E-state index is 0.0214. The number of nitrogens with zero attached hydrogens (tertiary/aromatic N) is 5. The number of aromatic amines is 1. The SMILES string of the molecule is CN(C)[C@H]1CCN(c2ccc(S(=O)(=O)N[C@@H]3CCNC3)c(S(N)(=O)=O)c2-c2nn[nH]n2)C1. The van der Waals surface area contributed by atoms with Crippen LogP contribution < -0.4 is 20.1 Å². The van der Waals surface area contributed by atoms with Gasteiger partial charge >= 0.3 is 0 Å². The highest BCUT2D eigenvalue weighted by Crippen LogP contribution is 2.39. The van der Waals surface area contributed by atoms with Gasteiger partial charge in [-0.1, -0.05) is 0 Å². The molecule has 0 amide bonds. The Bertz CT molecular complexity index is 1180. The summed E-state index contributed by atoms with van der Waals surface area (Å²) in [6.07, 6.45) is 1.46. The Hall–Kier alpha value is -2.17. The first-order valence-electron chi connectivity index (χ1n) is 10.2. The van der Waals surface area contributed by atoms with Gasteiger partial charge in [0.25, 0.3) is 0 Å². The van der Waals surface area contributed by atoms with Gasteiger partial charge in [0.1, 0.15) is 9.79 Å². The van der Waals surface area contributed by atoms with Crippen LogP contribution in [-0.4, -0.2) is 94.7 Å². The largest absolute Gasteiger partial charge is 0.369 e. The summed E-state index contributed by atoms with van der Waals surface area (Å²) < 4.78 is 54.5. The van der Waals surface area contributed by atoms with Crippen molar-refractivity contribution in [3.8, 4) is 11.4 Å². The van der Waals surface area contributed by atoms with Crippen LogP contribution in [0.4, 0.5) is 5.69 Å². The lowest BCUT2D eigenvalue weighted by Crippen LogP contribution is -2.37. The highest BCUT2D eigenvalue weighted by molar-refractivity contribution is 7.92. The van der Waals surface area contributed by atoms with E-state index < -0.39 is 29.8 Å². The van der Waals surface area contributed by atoms with E-state index in [1.54, 1.807) is 6.07 Å². The molecule has 1 aromatic carbocycles. The molecule has 2 atom stereocenters. The number of anilines is 1. The van der Waals surface area contributed by atoms with Gasteiger partial charge in [-0.25, -0.2) is 26.7 Å². The zero-order valence-corrected chi connectivity index (χ0v) is 19.4. The average Bonchev–Trinajstić information content (AvgIpc) is 3.47. The van der Waals surface area contributed by atoms with Crippen molar-refractivity contribution >= 4 is 25.7 Å². The van der Waals surface area contributed by atoms with Crippen LogP contribution in [0.3, 0.4) is 0 Å². The van der Waals surface area contributed by atoms with Gasteiger partial charge in [0.2, 0.25) is 25.9 Å². The van der Waals surface area contributed by atoms with Gasteiger partial charge in [0.05, 0.1) is 5.56 Å². The number of hydrogen-bond donors (Lipinski definition) is 4. The second-order valence-electron chi connectivity index (χ2n) is 8.23. The Labute approximate surface area is 186 Å². The fourth-order valence-electron chi connectivity index (χ4n) is 4.21. The summed E-state index contributed by atoms with van der Waals surface area (Å²) >= 11 is 0. The van der Waals surface area contributed by atoms with E-state index in [0.717, 1.165) is 6.42 Å². The van der Waals surface area contributed by atoms with Gasteiger partial charge in [0.15, 0.2) is 0 Å². The molecule has 176 valence electrons. The third-order valence-electron chi connectivity index (χ3n) is 5.86. The second kappa shape index (κ2) is 8.64. The Morgan fingerprint density at radius 2 is 2.00 bits per heavy atom. The molecule has 32 heavy (non-hydrogen) atoms. The normalized spacial score (nSPS) is 22.2. The molecule has 4 rings (SSSR count). The molecule has 5 N–H and O–H groups in total. The first kappa shape index (κ1) is 23.0. The number of nitrogens with two attached hydrogens (primary N) is 1. The molecule has 0 bridgehead atoms. The van der Waals surface area contributed by atoms with Gasteiger partial charge in [-0.3, -0.25) is 0 Å². The third-order valence-corrected chi connectivity index (χ3v) is 8.54. The first-order chi connectivity index (χ1) is 15.1. The maximum atomic E-state index is 13.2. The summed E-state index contributed by atoms with van der Waals surface area (Å²) in [6.45, 7) is 2.40. The molecule has 2 aromatic rings. The van der Waals surface area contributed by atoms with Crippen LogP contribution in [0.25, 0.3) is 11.4 Å². The van der Waals surface area contributed by atoms with Gasteiger partial charge in [-0.05, 0) is 50.8 Å². The predicted molar refractivity (Wildman–Crippen MR) is 117 cm³/mol. The Morgan fingerprint density at radius 1 is 1.22 bits per heavy atom. The van der Waals surface area contributed by atoms with E-state index >= 15 is 0 Å².